The Kier molecular flexibility index (Phi) is 2.12. The second-order valence-electron chi connectivity index (χ2n) is 5.04. The summed E-state index contributed by atoms with van der Waals surface area (Å²) in [4.78, 5) is 8.44. The van der Waals surface area contributed by atoms with Crippen LogP contribution < -0.4 is 5.73 Å². The van der Waals surface area contributed by atoms with Crippen LogP contribution in [0.5, 0.6) is 0 Å². The van der Waals surface area contributed by atoms with Crippen LogP contribution in [0, 0.1) is 0 Å². The van der Waals surface area contributed by atoms with Crippen LogP contribution in [-0.2, 0) is 13.0 Å². The first-order valence-electron chi connectivity index (χ1n) is 6.46. The standard InChI is InChI=1S/C15H14N4/c16-15-18-13-8-17-6-5-14(13)19(15)9-11-7-10-3-1-2-4-12(10)11/h1-6,8,11H,7,9H2,(H2,16,18). The number of fused-ring (bicyclic) bond motifs is 2. The number of pyridine rings is 1. The number of aromatic nitrogens is 3. The van der Waals surface area contributed by atoms with Gasteiger partial charge in [-0.25, -0.2) is 4.98 Å². The van der Waals surface area contributed by atoms with E-state index in [1.165, 1.54) is 11.1 Å². The molecule has 1 aliphatic carbocycles. The highest BCUT2D eigenvalue weighted by atomic mass is 15.2. The van der Waals surface area contributed by atoms with Gasteiger partial charge in [0.15, 0.2) is 0 Å². The van der Waals surface area contributed by atoms with E-state index in [1.807, 2.05) is 6.07 Å². The van der Waals surface area contributed by atoms with E-state index in [-0.39, 0.29) is 0 Å². The molecule has 4 rings (SSSR count). The molecule has 1 atom stereocenters. The number of hydrogen-bond acceptors (Lipinski definition) is 3. The van der Waals surface area contributed by atoms with Gasteiger partial charge in [-0.2, -0.15) is 0 Å². The van der Waals surface area contributed by atoms with Gasteiger partial charge >= 0.3 is 0 Å². The van der Waals surface area contributed by atoms with Gasteiger partial charge in [0.1, 0.15) is 5.52 Å². The highest BCUT2D eigenvalue weighted by Crippen LogP contribution is 2.37. The normalized spacial score (nSPS) is 17.2. The van der Waals surface area contributed by atoms with E-state index in [0.29, 0.717) is 11.9 Å². The molecule has 2 heterocycles. The first-order chi connectivity index (χ1) is 9.33. The lowest BCUT2D eigenvalue weighted by Gasteiger charge is -2.30. The average molecular weight is 250 g/mol. The minimum Gasteiger partial charge on any atom is -0.369 e. The number of anilines is 1. The zero-order valence-electron chi connectivity index (χ0n) is 10.5. The van der Waals surface area contributed by atoms with Crippen LogP contribution in [0.4, 0.5) is 5.95 Å². The number of nitrogens with two attached hydrogens (primary N) is 1. The molecule has 0 radical (unpaired) electrons. The van der Waals surface area contributed by atoms with E-state index in [0.717, 1.165) is 24.0 Å². The highest BCUT2D eigenvalue weighted by Gasteiger charge is 2.26. The maximum atomic E-state index is 6.02. The van der Waals surface area contributed by atoms with Crippen molar-refractivity contribution in [2.75, 3.05) is 5.73 Å². The predicted molar refractivity (Wildman–Crippen MR) is 74.8 cm³/mol. The third kappa shape index (κ3) is 1.53. The van der Waals surface area contributed by atoms with Crippen LogP contribution in [0.15, 0.2) is 42.7 Å². The summed E-state index contributed by atoms with van der Waals surface area (Å²) in [5, 5.41) is 0. The third-order valence-corrected chi connectivity index (χ3v) is 3.94. The van der Waals surface area contributed by atoms with E-state index >= 15 is 0 Å². The molecule has 0 saturated heterocycles. The Balaban J connectivity index is 1.72. The first kappa shape index (κ1) is 10.6. The summed E-state index contributed by atoms with van der Waals surface area (Å²) in [6.07, 6.45) is 4.67. The molecule has 2 N–H and O–H groups in total. The Labute approximate surface area is 110 Å². The summed E-state index contributed by atoms with van der Waals surface area (Å²) in [5.41, 5.74) is 10.9. The zero-order valence-corrected chi connectivity index (χ0v) is 10.5. The summed E-state index contributed by atoms with van der Waals surface area (Å²) in [7, 11) is 0. The van der Waals surface area contributed by atoms with E-state index in [4.69, 9.17) is 5.73 Å². The molecule has 0 saturated carbocycles. The lowest BCUT2D eigenvalue weighted by atomic mass is 9.77. The molecule has 0 amide bonds. The van der Waals surface area contributed by atoms with Gasteiger partial charge in [0, 0.05) is 18.7 Å². The maximum absolute atomic E-state index is 6.02. The van der Waals surface area contributed by atoms with Crippen molar-refractivity contribution in [1.82, 2.24) is 14.5 Å². The molecule has 4 heteroatoms. The molecule has 0 bridgehead atoms. The second-order valence-corrected chi connectivity index (χ2v) is 5.04. The van der Waals surface area contributed by atoms with Crippen molar-refractivity contribution in [3.63, 3.8) is 0 Å². The van der Waals surface area contributed by atoms with Crippen LogP contribution in [0.2, 0.25) is 0 Å². The summed E-state index contributed by atoms with van der Waals surface area (Å²) in [6.45, 7) is 0.892. The van der Waals surface area contributed by atoms with Gasteiger partial charge in [-0.15, -0.1) is 0 Å². The Bertz CT molecular complexity index is 760. The minimum atomic E-state index is 0.545. The molecule has 0 fully saturated rings. The molecule has 2 aromatic heterocycles. The summed E-state index contributed by atoms with van der Waals surface area (Å²) in [5.74, 6) is 1.12. The Hall–Kier alpha value is -2.36. The van der Waals surface area contributed by atoms with Gasteiger partial charge in [-0.05, 0) is 23.6 Å². The van der Waals surface area contributed by atoms with Gasteiger partial charge in [0.2, 0.25) is 5.95 Å². The Morgan fingerprint density at radius 2 is 2.16 bits per heavy atom. The molecule has 0 spiro atoms. The first-order valence-corrected chi connectivity index (χ1v) is 6.46. The molecule has 19 heavy (non-hydrogen) atoms. The van der Waals surface area contributed by atoms with Gasteiger partial charge in [-0.3, -0.25) is 4.98 Å². The van der Waals surface area contributed by atoms with Crippen molar-refractivity contribution in [2.45, 2.75) is 18.9 Å². The topological polar surface area (TPSA) is 56.7 Å². The molecule has 1 unspecified atom stereocenters. The number of nitrogen functional groups attached to an aromatic ring is 1. The number of nitrogens with zero attached hydrogens (tertiary/aromatic N) is 3. The zero-order chi connectivity index (χ0) is 12.8. The van der Waals surface area contributed by atoms with Crippen molar-refractivity contribution in [3.8, 4) is 0 Å². The molecule has 0 aliphatic heterocycles. The maximum Gasteiger partial charge on any atom is 0.201 e. The molecule has 1 aliphatic rings. The molecule has 1 aromatic carbocycles. The van der Waals surface area contributed by atoms with Gasteiger partial charge < -0.3 is 10.3 Å². The lowest BCUT2D eigenvalue weighted by molar-refractivity contribution is 0.521. The fourth-order valence-electron chi connectivity index (χ4n) is 2.94. The van der Waals surface area contributed by atoms with Gasteiger partial charge in [0.25, 0.3) is 0 Å². The largest absolute Gasteiger partial charge is 0.369 e. The van der Waals surface area contributed by atoms with Gasteiger partial charge in [-0.1, -0.05) is 24.3 Å². The van der Waals surface area contributed by atoms with E-state index in [2.05, 4.69) is 38.8 Å². The van der Waals surface area contributed by atoms with Crippen LogP contribution in [-0.4, -0.2) is 14.5 Å². The minimum absolute atomic E-state index is 0.545. The van der Waals surface area contributed by atoms with Crippen LogP contribution in [0.1, 0.15) is 17.0 Å². The van der Waals surface area contributed by atoms with Crippen LogP contribution in [0.25, 0.3) is 11.0 Å². The van der Waals surface area contributed by atoms with E-state index in [1.54, 1.807) is 12.4 Å². The van der Waals surface area contributed by atoms with Crippen molar-refractivity contribution < 1.29 is 0 Å². The number of hydrogen-bond donors (Lipinski definition) is 1. The summed E-state index contributed by atoms with van der Waals surface area (Å²) in [6, 6.07) is 10.6. The Morgan fingerprint density at radius 1 is 1.26 bits per heavy atom. The monoisotopic (exact) mass is 250 g/mol. The predicted octanol–water partition coefficient (Wildman–Crippen LogP) is 2.35. The average Bonchev–Trinajstić information content (AvgIpc) is 2.72. The third-order valence-electron chi connectivity index (χ3n) is 3.94. The smallest absolute Gasteiger partial charge is 0.201 e. The van der Waals surface area contributed by atoms with Crippen molar-refractivity contribution in [3.05, 3.63) is 53.9 Å². The number of rotatable bonds is 2. The number of imidazole rings is 1. The summed E-state index contributed by atoms with van der Waals surface area (Å²) < 4.78 is 2.09. The van der Waals surface area contributed by atoms with Crippen molar-refractivity contribution in [2.24, 2.45) is 0 Å². The fraction of sp³-hybridized carbons (Fsp3) is 0.200. The van der Waals surface area contributed by atoms with Crippen molar-refractivity contribution >= 4 is 17.0 Å². The van der Waals surface area contributed by atoms with Crippen LogP contribution in [0.3, 0.4) is 0 Å². The van der Waals surface area contributed by atoms with Crippen LogP contribution >= 0.6 is 0 Å². The van der Waals surface area contributed by atoms with Gasteiger partial charge in [0.05, 0.1) is 11.7 Å². The second kappa shape index (κ2) is 3.82. The lowest BCUT2D eigenvalue weighted by Crippen LogP contribution is -2.22. The molecular weight excluding hydrogens is 236 g/mol. The molecule has 94 valence electrons. The van der Waals surface area contributed by atoms with E-state index in [9.17, 15) is 0 Å². The Morgan fingerprint density at radius 3 is 3.05 bits per heavy atom. The fourth-order valence-corrected chi connectivity index (χ4v) is 2.94. The molecule has 3 aromatic rings. The highest BCUT2D eigenvalue weighted by molar-refractivity contribution is 5.77. The van der Waals surface area contributed by atoms with E-state index < -0.39 is 0 Å². The molecular formula is C15H14N4. The SMILES string of the molecule is Nc1nc2cnccc2n1CC1Cc2ccccc21. The molecule has 4 nitrogen and oxygen atoms in total. The number of benzene rings is 1. The van der Waals surface area contributed by atoms with Crippen molar-refractivity contribution in [1.29, 1.82) is 0 Å². The quantitative estimate of drug-likeness (QED) is 0.759. The summed E-state index contributed by atoms with van der Waals surface area (Å²) >= 11 is 0.